The molecule has 0 aliphatic carbocycles. The van der Waals surface area contributed by atoms with Crippen molar-refractivity contribution in [3.8, 4) is 11.4 Å². The fourth-order valence-corrected chi connectivity index (χ4v) is 5.91. The second-order valence-corrected chi connectivity index (χ2v) is 10.9. The van der Waals surface area contributed by atoms with Gasteiger partial charge in [0.2, 0.25) is 5.91 Å². The van der Waals surface area contributed by atoms with Crippen LogP contribution < -0.4 is 5.32 Å². The molecule has 2 heterocycles. The monoisotopic (exact) mass is 548 g/mol. The van der Waals surface area contributed by atoms with Crippen LogP contribution >= 0.6 is 34.9 Å². The second kappa shape index (κ2) is 11.1. The number of nitrogens with zero attached hydrogens (tertiary/aromatic N) is 5. The highest BCUT2D eigenvalue weighted by molar-refractivity contribution is 8.00. The van der Waals surface area contributed by atoms with Crippen molar-refractivity contribution >= 4 is 62.4 Å². The van der Waals surface area contributed by atoms with Crippen molar-refractivity contribution in [2.24, 2.45) is 0 Å². The number of non-ortho nitro benzene ring substituents is 1. The molecule has 0 unspecified atom stereocenters. The zero-order chi connectivity index (χ0) is 25.8. The Kier molecular flexibility index (Phi) is 7.49. The van der Waals surface area contributed by atoms with E-state index in [0.29, 0.717) is 28.8 Å². The first-order valence-electron chi connectivity index (χ1n) is 11.1. The van der Waals surface area contributed by atoms with Gasteiger partial charge in [-0.2, -0.15) is 0 Å². The Morgan fingerprint density at radius 2 is 1.86 bits per heavy atom. The molecule has 186 valence electrons. The van der Waals surface area contributed by atoms with E-state index in [0.717, 1.165) is 20.1 Å². The SMILES string of the molecule is CSc1nc2ccc(NC(=O)CSc3nnc(-c4ccc([N+](=O)[O-])cc4)n3Cc3ccccc3)cc2s1. The van der Waals surface area contributed by atoms with E-state index in [1.807, 2.05) is 59.4 Å². The first-order valence-corrected chi connectivity index (χ1v) is 14.1. The number of thioether (sulfide) groups is 2. The van der Waals surface area contributed by atoms with Crippen LogP contribution in [0.1, 0.15) is 5.56 Å². The first-order chi connectivity index (χ1) is 18.0. The molecule has 0 radical (unpaired) electrons. The average Bonchev–Trinajstić information content (AvgIpc) is 3.51. The minimum atomic E-state index is -0.438. The minimum absolute atomic E-state index is 0.00494. The molecule has 1 N–H and O–H groups in total. The number of fused-ring (bicyclic) bond motifs is 1. The predicted octanol–water partition coefficient (Wildman–Crippen LogP) is 5.96. The molecule has 0 aliphatic rings. The van der Waals surface area contributed by atoms with Crippen LogP contribution in [0.2, 0.25) is 0 Å². The third-order valence-corrected chi connectivity index (χ3v) is 8.37. The highest BCUT2D eigenvalue weighted by atomic mass is 32.2. The zero-order valence-electron chi connectivity index (χ0n) is 19.5. The molecule has 0 spiro atoms. The quantitative estimate of drug-likeness (QED) is 0.136. The Hall–Kier alpha value is -3.74. The summed E-state index contributed by atoms with van der Waals surface area (Å²) in [6.45, 7) is 0.490. The fourth-order valence-electron chi connectivity index (χ4n) is 3.65. The highest BCUT2D eigenvalue weighted by Gasteiger charge is 2.17. The summed E-state index contributed by atoms with van der Waals surface area (Å²) in [5.41, 5.74) is 3.37. The molecule has 1 amide bonds. The van der Waals surface area contributed by atoms with Gasteiger partial charge in [-0.05, 0) is 42.2 Å². The number of benzene rings is 3. The van der Waals surface area contributed by atoms with Crippen molar-refractivity contribution in [3.05, 3.63) is 88.5 Å². The molecule has 37 heavy (non-hydrogen) atoms. The zero-order valence-corrected chi connectivity index (χ0v) is 22.0. The summed E-state index contributed by atoms with van der Waals surface area (Å²) in [7, 11) is 0. The first kappa shape index (κ1) is 24.9. The molecule has 0 fully saturated rings. The Morgan fingerprint density at radius 3 is 2.59 bits per heavy atom. The van der Waals surface area contributed by atoms with E-state index in [-0.39, 0.29) is 17.3 Å². The third-order valence-electron chi connectivity index (χ3n) is 5.40. The normalized spacial score (nSPS) is 11.1. The Labute approximate surface area is 224 Å². The number of nitrogens with one attached hydrogen (secondary N) is 1. The van der Waals surface area contributed by atoms with Crippen LogP contribution in [0, 0.1) is 10.1 Å². The van der Waals surface area contributed by atoms with E-state index in [9.17, 15) is 14.9 Å². The maximum Gasteiger partial charge on any atom is 0.269 e. The van der Waals surface area contributed by atoms with Gasteiger partial charge < -0.3 is 5.32 Å². The summed E-state index contributed by atoms with van der Waals surface area (Å²) in [5, 5.41) is 23.3. The van der Waals surface area contributed by atoms with Crippen molar-refractivity contribution in [1.29, 1.82) is 0 Å². The Morgan fingerprint density at radius 1 is 1.08 bits per heavy atom. The number of hydrogen-bond donors (Lipinski definition) is 1. The van der Waals surface area contributed by atoms with Gasteiger partial charge in [0.15, 0.2) is 15.3 Å². The van der Waals surface area contributed by atoms with Gasteiger partial charge >= 0.3 is 0 Å². The van der Waals surface area contributed by atoms with Crippen LogP contribution in [0.4, 0.5) is 11.4 Å². The van der Waals surface area contributed by atoms with Crippen LogP contribution in [0.3, 0.4) is 0 Å². The van der Waals surface area contributed by atoms with E-state index in [2.05, 4.69) is 20.5 Å². The summed E-state index contributed by atoms with van der Waals surface area (Å²) in [5.74, 6) is 0.552. The molecule has 12 heteroatoms. The summed E-state index contributed by atoms with van der Waals surface area (Å²) < 4.78 is 3.92. The van der Waals surface area contributed by atoms with Gasteiger partial charge in [-0.1, -0.05) is 53.9 Å². The van der Waals surface area contributed by atoms with Crippen molar-refractivity contribution in [1.82, 2.24) is 19.7 Å². The van der Waals surface area contributed by atoms with E-state index in [1.165, 1.54) is 23.9 Å². The predicted molar refractivity (Wildman–Crippen MR) is 148 cm³/mol. The molecule has 0 bridgehead atoms. The maximum absolute atomic E-state index is 12.8. The third kappa shape index (κ3) is 5.82. The van der Waals surface area contributed by atoms with Gasteiger partial charge in [0.1, 0.15) is 0 Å². The Balaban J connectivity index is 1.34. The highest BCUT2D eigenvalue weighted by Crippen LogP contribution is 2.30. The van der Waals surface area contributed by atoms with Gasteiger partial charge in [-0.3, -0.25) is 19.5 Å². The fraction of sp³-hybridized carbons (Fsp3) is 0.120. The number of carbonyl (C=O) groups is 1. The van der Waals surface area contributed by atoms with Gasteiger partial charge in [0, 0.05) is 23.4 Å². The lowest BCUT2D eigenvalue weighted by Crippen LogP contribution is -2.14. The summed E-state index contributed by atoms with van der Waals surface area (Å²) >= 11 is 4.47. The molecule has 2 aromatic heterocycles. The number of hydrogen-bond acceptors (Lipinski definition) is 9. The smallest absolute Gasteiger partial charge is 0.269 e. The number of thiazole rings is 1. The van der Waals surface area contributed by atoms with Crippen molar-refractivity contribution < 1.29 is 9.72 Å². The lowest BCUT2D eigenvalue weighted by Gasteiger charge is -2.11. The summed E-state index contributed by atoms with van der Waals surface area (Å²) in [6.07, 6.45) is 1.99. The number of anilines is 1. The lowest BCUT2D eigenvalue weighted by atomic mass is 10.2. The number of amides is 1. The van der Waals surface area contributed by atoms with E-state index in [1.54, 1.807) is 35.2 Å². The standard InChI is InChI=1S/C25H20N6O3S3/c1-35-25-27-20-12-9-18(13-21(20)37-25)26-22(32)15-36-24-29-28-23(17-7-10-19(11-8-17)31(33)34)30(24)14-16-5-3-2-4-6-16/h2-13H,14-15H2,1H3,(H,26,32). The molecule has 5 rings (SSSR count). The van der Waals surface area contributed by atoms with Crippen LogP contribution in [-0.2, 0) is 11.3 Å². The molecule has 0 saturated carbocycles. The van der Waals surface area contributed by atoms with Crippen molar-refractivity contribution in [3.63, 3.8) is 0 Å². The van der Waals surface area contributed by atoms with Crippen LogP contribution in [0.25, 0.3) is 21.6 Å². The van der Waals surface area contributed by atoms with Crippen molar-refractivity contribution in [2.45, 2.75) is 16.0 Å². The maximum atomic E-state index is 12.8. The van der Waals surface area contributed by atoms with Crippen LogP contribution in [0.15, 0.2) is 82.3 Å². The average molecular weight is 549 g/mol. The molecule has 0 saturated heterocycles. The van der Waals surface area contributed by atoms with Gasteiger partial charge in [0.05, 0.1) is 27.4 Å². The summed E-state index contributed by atoms with van der Waals surface area (Å²) in [6, 6.07) is 21.7. The molecule has 0 aliphatic heterocycles. The largest absolute Gasteiger partial charge is 0.325 e. The topological polar surface area (TPSA) is 116 Å². The molecule has 9 nitrogen and oxygen atoms in total. The number of nitro groups is 1. The molecule has 5 aromatic rings. The number of aromatic nitrogens is 4. The van der Waals surface area contributed by atoms with Crippen molar-refractivity contribution in [2.75, 3.05) is 17.3 Å². The second-order valence-electron chi connectivity index (χ2n) is 7.89. The van der Waals surface area contributed by atoms with Crippen LogP contribution in [-0.4, -0.2) is 42.6 Å². The van der Waals surface area contributed by atoms with Gasteiger partial charge in [-0.15, -0.1) is 21.5 Å². The molecule has 0 atom stereocenters. The lowest BCUT2D eigenvalue weighted by molar-refractivity contribution is -0.384. The molecular formula is C25H20N6O3S3. The minimum Gasteiger partial charge on any atom is -0.325 e. The number of rotatable bonds is 9. The summed E-state index contributed by atoms with van der Waals surface area (Å²) in [4.78, 5) is 27.9. The molecule has 3 aromatic carbocycles. The van der Waals surface area contributed by atoms with E-state index < -0.39 is 4.92 Å². The van der Waals surface area contributed by atoms with Gasteiger partial charge in [-0.25, -0.2) is 4.98 Å². The van der Waals surface area contributed by atoms with Crippen LogP contribution in [0.5, 0.6) is 0 Å². The Bertz CT molecular complexity index is 1570. The van der Waals surface area contributed by atoms with E-state index >= 15 is 0 Å². The number of carbonyl (C=O) groups excluding carboxylic acids is 1. The van der Waals surface area contributed by atoms with Gasteiger partial charge in [0.25, 0.3) is 5.69 Å². The number of nitro benzene ring substituents is 1. The van der Waals surface area contributed by atoms with E-state index in [4.69, 9.17) is 0 Å². The molecular weight excluding hydrogens is 529 g/mol.